The standard InChI is InChI=1S/C23H23BrN2O5/c1-5-30-19-12-15(11-18(24)20(19)31-13(2)3)10-17-21(27)25-23(29)26(22(17)28)16-8-6-14(4)7-9-16/h6-13H,5H2,1-4H3,(H,25,27,29)/b17-10+. The first kappa shape index (κ1) is 22.6. The van der Waals surface area contributed by atoms with E-state index in [-0.39, 0.29) is 11.7 Å². The molecule has 0 aliphatic carbocycles. The minimum Gasteiger partial charge on any atom is -0.490 e. The molecule has 0 unspecified atom stereocenters. The molecule has 8 heteroatoms. The average molecular weight is 487 g/mol. The van der Waals surface area contributed by atoms with Gasteiger partial charge in [0.1, 0.15) is 5.57 Å². The molecule has 2 aromatic carbocycles. The highest BCUT2D eigenvalue weighted by Crippen LogP contribution is 2.38. The van der Waals surface area contributed by atoms with Gasteiger partial charge in [-0.3, -0.25) is 14.9 Å². The van der Waals surface area contributed by atoms with E-state index in [1.165, 1.54) is 6.08 Å². The molecule has 4 amide bonds. The van der Waals surface area contributed by atoms with E-state index >= 15 is 0 Å². The molecule has 3 rings (SSSR count). The van der Waals surface area contributed by atoms with Crippen molar-refractivity contribution in [2.45, 2.75) is 33.8 Å². The van der Waals surface area contributed by atoms with Crippen LogP contribution < -0.4 is 19.7 Å². The van der Waals surface area contributed by atoms with Gasteiger partial charge in [0.05, 0.1) is 22.9 Å². The Morgan fingerprint density at radius 3 is 2.42 bits per heavy atom. The van der Waals surface area contributed by atoms with E-state index in [1.807, 2.05) is 27.7 Å². The number of carbonyl (C=O) groups excluding carboxylic acids is 3. The third-order valence-corrected chi connectivity index (χ3v) is 4.98. The Kier molecular flexibility index (Phi) is 6.80. The van der Waals surface area contributed by atoms with Crippen LogP contribution in [0.4, 0.5) is 10.5 Å². The van der Waals surface area contributed by atoms with E-state index in [2.05, 4.69) is 21.2 Å². The molecule has 0 bridgehead atoms. The molecule has 1 aliphatic heterocycles. The SMILES string of the molecule is CCOc1cc(/C=C2\C(=O)NC(=O)N(c3ccc(C)cc3)C2=O)cc(Br)c1OC(C)C. The molecule has 162 valence electrons. The normalized spacial score (nSPS) is 15.5. The Hall–Kier alpha value is -3.13. The zero-order chi connectivity index (χ0) is 22.7. The van der Waals surface area contributed by atoms with Gasteiger partial charge in [-0.05, 0) is 79.5 Å². The topological polar surface area (TPSA) is 84.9 Å². The van der Waals surface area contributed by atoms with E-state index in [9.17, 15) is 14.4 Å². The number of hydrogen-bond acceptors (Lipinski definition) is 5. The molecule has 0 atom stereocenters. The summed E-state index contributed by atoms with van der Waals surface area (Å²) in [7, 11) is 0. The molecule has 1 saturated heterocycles. The molecule has 1 N–H and O–H groups in total. The molecule has 7 nitrogen and oxygen atoms in total. The number of imide groups is 2. The number of nitrogens with zero attached hydrogens (tertiary/aromatic N) is 1. The van der Waals surface area contributed by atoms with Crippen molar-refractivity contribution in [3.05, 3.63) is 57.6 Å². The first-order valence-electron chi connectivity index (χ1n) is 9.82. The van der Waals surface area contributed by atoms with Gasteiger partial charge in [0.25, 0.3) is 11.8 Å². The second kappa shape index (κ2) is 9.34. The first-order valence-corrected chi connectivity index (χ1v) is 10.6. The van der Waals surface area contributed by atoms with Crippen molar-refractivity contribution in [1.82, 2.24) is 5.32 Å². The van der Waals surface area contributed by atoms with E-state index in [0.717, 1.165) is 10.5 Å². The highest BCUT2D eigenvalue weighted by atomic mass is 79.9. The lowest BCUT2D eigenvalue weighted by atomic mass is 10.1. The Morgan fingerprint density at radius 1 is 1.13 bits per heavy atom. The summed E-state index contributed by atoms with van der Waals surface area (Å²) in [5.74, 6) is -0.438. The van der Waals surface area contributed by atoms with Crippen LogP contribution in [-0.4, -0.2) is 30.6 Å². The summed E-state index contributed by atoms with van der Waals surface area (Å²) in [4.78, 5) is 38.8. The number of amides is 4. The monoisotopic (exact) mass is 486 g/mol. The van der Waals surface area contributed by atoms with Gasteiger partial charge in [-0.2, -0.15) is 0 Å². The van der Waals surface area contributed by atoms with E-state index in [4.69, 9.17) is 9.47 Å². The fraction of sp³-hybridized carbons (Fsp3) is 0.261. The highest BCUT2D eigenvalue weighted by Gasteiger charge is 2.36. The molecule has 0 saturated carbocycles. The van der Waals surface area contributed by atoms with Gasteiger partial charge >= 0.3 is 6.03 Å². The Morgan fingerprint density at radius 2 is 1.81 bits per heavy atom. The van der Waals surface area contributed by atoms with Crippen LogP contribution in [0.2, 0.25) is 0 Å². The lowest BCUT2D eigenvalue weighted by Crippen LogP contribution is -2.54. The highest BCUT2D eigenvalue weighted by molar-refractivity contribution is 9.10. The number of carbonyl (C=O) groups is 3. The summed E-state index contributed by atoms with van der Waals surface area (Å²) in [5, 5.41) is 2.23. The number of halogens is 1. The summed E-state index contributed by atoms with van der Waals surface area (Å²) in [5.41, 5.74) is 1.75. The fourth-order valence-corrected chi connectivity index (χ4v) is 3.59. The number of benzene rings is 2. The smallest absolute Gasteiger partial charge is 0.335 e. The van der Waals surface area contributed by atoms with Crippen LogP contribution in [0.3, 0.4) is 0 Å². The van der Waals surface area contributed by atoms with Gasteiger partial charge in [-0.15, -0.1) is 0 Å². The zero-order valence-electron chi connectivity index (χ0n) is 17.7. The minimum absolute atomic E-state index is 0.0699. The number of nitrogens with one attached hydrogen (secondary N) is 1. The maximum Gasteiger partial charge on any atom is 0.335 e. The average Bonchev–Trinajstić information content (AvgIpc) is 2.69. The maximum absolute atomic E-state index is 13.1. The van der Waals surface area contributed by atoms with Crippen molar-refractivity contribution < 1.29 is 23.9 Å². The van der Waals surface area contributed by atoms with E-state index in [1.54, 1.807) is 36.4 Å². The molecular formula is C23H23BrN2O5. The number of anilines is 1. The first-order chi connectivity index (χ1) is 14.7. The lowest BCUT2D eigenvalue weighted by Gasteiger charge is -2.26. The molecule has 31 heavy (non-hydrogen) atoms. The van der Waals surface area contributed by atoms with Gasteiger partial charge in [0.2, 0.25) is 0 Å². The molecule has 0 spiro atoms. The molecule has 0 radical (unpaired) electrons. The minimum atomic E-state index is -0.784. The number of rotatable bonds is 6. The second-order valence-corrected chi connectivity index (χ2v) is 8.08. The molecule has 2 aromatic rings. The summed E-state index contributed by atoms with van der Waals surface area (Å²) in [6.07, 6.45) is 1.36. The molecule has 1 heterocycles. The van der Waals surface area contributed by atoms with Crippen LogP contribution in [-0.2, 0) is 9.59 Å². The van der Waals surface area contributed by atoms with Crippen molar-refractivity contribution in [1.29, 1.82) is 0 Å². The molecule has 0 aromatic heterocycles. The van der Waals surface area contributed by atoms with Crippen molar-refractivity contribution in [2.75, 3.05) is 11.5 Å². The lowest BCUT2D eigenvalue weighted by molar-refractivity contribution is -0.122. The number of hydrogen-bond donors (Lipinski definition) is 1. The van der Waals surface area contributed by atoms with Crippen LogP contribution in [0, 0.1) is 6.92 Å². The van der Waals surface area contributed by atoms with Crippen LogP contribution in [0.15, 0.2) is 46.4 Å². The number of barbiturate groups is 1. The third kappa shape index (κ3) is 4.96. The Labute approximate surface area is 189 Å². The van der Waals surface area contributed by atoms with Crippen molar-refractivity contribution in [3.63, 3.8) is 0 Å². The summed E-state index contributed by atoms with van der Waals surface area (Å²) < 4.78 is 12.1. The quantitative estimate of drug-likeness (QED) is 0.475. The van der Waals surface area contributed by atoms with Crippen LogP contribution >= 0.6 is 15.9 Å². The van der Waals surface area contributed by atoms with Crippen molar-refractivity contribution in [2.24, 2.45) is 0 Å². The zero-order valence-corrected chi connectivity index (χ0v) is 19.3. The van der Waals surface area contributed by atoms with E-state index in [0.29, 0.717) is 33.8 Å². The maximum atomic E-state index is 13.1. The van der Waals surface area contributed by atoms with Gasteiger partial charge in [-0.1, -0.05) is 17.7 Å². The summed E-state index contributed by atoms with van der Waals surface area (Å²) in [6, 6.07) is 9.51. The van der Waals surface area contributed by atoms with Gasteiger partial charge in [-0.25, -0.2) is 9.69 Å². The van der Waals surface area contributed by atoms with E-state index < -0.39 is 17.8 Å². The Bertz CT molecular complexity index is 1060. The number of aryl methyl sites for hydroxylation is 1. The molecular weight excluding hydrogens is 464 g/mol. The fourth-order valence-electron chi connectivity index (χ4n) is 3.04. The molecule has 1 fully saturated rings. The number of urea groups is 1. The largest absolute Gasteiger partial charge is 0.490 e. The van der Waals surface area contributed by atoms with Gasteiger partial charge in [0.15, 0.2) is 11.5 Å². The van der Waals surface area contributed by atoms with Gasteiger partial charge < -0.3 is 9.47 Å². The number of ether oxygens (including phenoxy) is 2. The summed E-state index contributed by atoms with van der Waals surface area (Å²) in [6.45, 7) is 7.97. The van der Waals surface area contributed by atoms with Crippen molar-refractivity contribution >= 4 is 45.5 Å². The van der Waals surface area contributed by atoms with Crippen molar-refractivity contribution in [3.8, 4) is 11.5 Å². The summed E-state index contributed by atoms with van der Waals surface area (Å²) >= 11 is 3.47. The van der Waals surface area contributed by atoms with Gasteiger partial charge in [0, 0.05) is 0 Å². The molecule has 1 aliphatic rings. The van der Waals surface area contributed by atoms with Crippen LogP contribution in [0.25, 0.3) is 6.08 Å². The van der Waals surface area contributed by atoms with Crippen LogP contribution in [0.5, 0.6) is 11.5 Å². The second-order valence-electron chi connectivity index (χ2n) is 7.22. The predicted octanol–water partition coefficient (Wildman–Crippen LogP) is 4.61. The third-order valence-electron chi connectivity index (χ3n) is 4.39. The Balaban J connectivity index is 2.02. The predicted molar refractivity (Wildman–Crippen MR) is 121 cm³/mol. The van der Waals surface area contributed by atoms with Crippen LogP contribution in [0.1, 0.15) is 31.9 Å².